The smallest absolute Gasteiger partial charge is 0.328 e. The van der Waals surface area contributed by atoms with Gasteiger partial charge in [0.05, 0.1) is 6.61 Å². The van der Waals surface area contributed by atoms with Crippen LogP contribution in [0.4, 0.5) is 0 Å². The van der Waals surface area contributed by atoms with Gasteiger partial charge in [-0.05, 0) is 48.4 Å². The highest BCUT2D eigenvalue weighted by molar-refractivity contribution is 6.30. The van der Waals surface area contributed by atoms with Crippen molar-refractivity contribution in [2.75, 3.05) is 39.6 Å². The molecule has 0 N–H and O–H groups in total. The largest absolute Gasteiger partial charge is 0.465 e. The molecular formula is C24H25ClN2O5. The zero-order valence-electron chi connectivity index (χ0n) is 17.8. The van der Waals surface area contributed by atoms with Crippen molar-refractivity contribution in [3.8, 4) is 11.5 Å². The van der Waals surface area contributed by atoms with Gasteiger partial charge >= 0.3 is 5.97 Å². The predicted octanol–water partition coefficient (Wildman–Crippen LogP) is 3.53. The van der Waals surface area contributed by atoms with Gasteiger partial charge in [-0.3, -0.25) is 9.69 Å². The Morgan fingerprint density at radius 1 is 1.06 bits per heavy atom. The molecule has 0 spiro atoms. The molecule has 2 aromatic rings. The molecule has 168 valence electrons. The first-order valence-corrected chi connectivity index (χ1v) is 11.0. The molecule has 0 aliphatic carbocycles. The van der Waals surface area contributed by atoms with Crippen LogP contribution in [0.2, 0.25) is 5.02 Å². The van der Waals surface area contributed by atoms with Crippen molar-refractivity contribution in [2.45, 2.75) is 13.0 Å². The van der Waals surface area contributed by atoms with Gasteiger partial charge in [-0.1, -0.05) is 29.8 Å². The maximum Gasteiger partial charge on any atom is 0.328 e. The van der Waals surface area contributed by atoms with Gasteiger partial charge in [-0.25, -0.2) is 4.79 Å². The van der Waals surface area contributed by atoms with Crippen LogP contribution in [-0.2, 0) is 14.3 Å². The number of amides is 1. The van der Waals surface area contributed by atoms with E-state index in [1.165, 1.54) is 0 Å². The molecule has 1 amide bonds. The van der Waals surface area contributed by atoms with Crippen LogP contribution in [0.1, 0.15) is 24.1 Å². The van der Waals surface area contributed by atoms with Crippen molar-refractivity contribution < 1.29 is 23.8 Å². The number of carbonyl (C=O) groups excluding carboxylic acids is 2. The Hall–Kier alpha value is -3.03. The summed E-state index contributed by atoms with van der Waals surface area (Å²) < 4.78 is 16.0. The van der Waals surface area contributed by atoms with Crippen LogP contribution in [0.15, 0.2) is 48.5 Å². The lowest BCUT2D eigenvalue weighted by molar-refractivity contribution is -0.151. The number of hydrogen-bond donors (Lipinski definition) is 0. The van der Waals surface area contributed by atoms with Crippen molar-refractivity contribution in [2.24, 2.45) is 0 Å². The molecule has 1 atom stereocenters. The Kier molecular flexibility index (Phi) is 6.97. The quantitative estimate of drug-likeness (QED) is 0.489. The maximum atomic E-state index is 12.7. The maximum absolute atomic E-state index is 12.7. The van der Waals surface area contributed by atoms with Crippen LogP contribution in [0.3, 0.4) is 0 Å². The summed E-state index contributed by atoms with van der Waals surface area (Å²) >= 11 is 6.00. The zero-order chi connectivity index (χ0) is 22.5. The number of piperazine rings is 1. The number of esters is 1. The van der Waals surface area contributed by atoms with Crippen LogP contribution >= 0.6 is 11.6 Å². The highest BCUT2D eigenvalue weighted by Gasteiger charge is 2.32. The first-order valence-electron chi connectivity index (χ1n) is 10.6. The molecule has 2 aliphatic heterocycles. The molecule has 2 heterocycles. The summed E-state index contributed by atoms with van der Waals surface area (Å²) in [6.45, 7) is 4.49. The molecule has 7 nitrogen and oxygen atoms in total. The van der Waals surface area contributed by atoms with E-state index in [1.807, 2.05) is 35.2 Å². The number of benzene rings is 2. The minimum absolute atomic E-state index is 0.0681. The van der Waals surface area contributed by atoms with E-state index in [0.29, 0.717) is 49.3 Å². The van der Waals surface area contributed by atoms with E-state index in [1.54, 1.807) is 36.1 Å². The topological polar surface area (TPSA) is 68.3 Å². The molecule has 32 heavy (non-hydrogen) atoms. The molecule has 2 aromatic carbocycles. The van der Waals surface area contributed by atoms with Crippen LogP contribution in [0, 0.1) is 0 Å². The van der Waals surface area contributed by atoms with Gasteiger partial charge in [0.15, 0.2) is 11.5 Å². The summed E-state index contributed by atoms with van der Waals surface area (Å²) in [5, 5.41) is 0.612. The lowest BCUT2D eigenvalue weighted by Crippen LogP contribution is -2.50. The van der Waals surface area contributed by atoms with E-state index in [9.17, 15) is 9.59 Å². The van der Waals surface area contributed by atoms with Crippen LogP contribution < -0.4 is 9.47 Å². The highest BCUT2D eigenvalue weighted by Crippen LogP contribution is 2.33. The first kappa shape index (κ1) is 22.2. The third kappa shape index (κ3) is 5.06. The van der Waals surface area contributed by atoms with Crippen molar-refractivity contribution in [1.82, 2.24) is 9.80 Å². The van der Waals surface area contributed by atoms with E-state index in [-0.39, 0.29) is 18.7 Å². The van der Waals surface area contributed by atoms with Crippen LogP contribution in [0.5, 0.6) is 11.5 Å². The lowest BCUT2D eigenvalue weighted by Gasteiger charge is -2.38. The number of nitrogens with zero attached hydrogens (tertiary/aromatic N) is 2. The Balaban J connectivity index is 1.38. The van der Waals surface area contributed by atoms with Crippen molar-refractivity contribution in [3.05, 3.63) is 64.7 Å². The number of carbonyl (C=O) groups is 2. The summed E-state index contributed by atoms with van der Waals surface area (Å²) in [5.41, 5.74) is 1.70. The van der Waals surface area contributed by atoms with Crippen LogP contribution in [0.25, 0.3) is 6.08 Å². The monoisotopic (exact) mass is 456 g/mol. The van der Waals surface area contributed by atoms with E-state index in [2.05, 4.69) is 0 Å². The molecule has 0 saturated carbocycles. The van der Waals surface area contributed by atoms with Gasteiger partial charge in [0.1, 0.15) is 6.04 Å². The van der Waals surface area contributed by atoms with Gasteiger partial charge in [-0.15, -0.1) is 0 Å². The average Bonchev–Trinajstić information content (AvgIpc) is 3.27. The molecule has 1 fully saturated rings. The number of hydrogen-bond acceptors (Lipinski definition) is 6. The normalized spacial score (nSPS) is 16.9. The molecule has 4 rings (SSSR count). The predicted molar refractivity (Wildman–Crippen MR) is 121 cm³/mol. The van der Waals surface area contributed by atoms with Gasteiger partial charge in [0.25, 0.3) is 0 Å². The van der Waals surface area contributed by atoms with Gasteiger partial charge < -0.3 is 19.1 Å². The summed E-state index contributed by atoms with van der Waals surface area (Å²) in [7, 11) is 0. The average molecular weight is 457 g/mol. The van der Waals surface area contributed by atoms with Crippen molar-refractivity contribution >= 4 is 29.6 Å². The van der Waals surface area contributed by atoms with Gasteiger partial charge in [-0.2, -0.15) is 0 Å². The third-order valence-corrected chi connectivity index (χ3v) is 5.75. The zero-order valence-corrected chi connectivity index (χ0v) is 18.6. The fourth-order valence-electron chi connectivity index (χ4n) is 3.85. The second-order valence-electron chi connectivity index (χ2n) is 7.51. The molecule has 2 aliphatic rings. The molecule has 0 radical (unpaired) electrons. The second kappa shape index (κ2) is 10.1. The Morgan fingerprint density at radius 2 is 1.78 bits per heavy atom. The fraction of sp³-hybridized carbons (Fsp3) is 0.333. The van der Waals surface area contributed by atoms with Gasteiger partial charge in [0.2, 0.25) is 12.7 Å². The molecule has 0 unspecified atom stereocenters. The Morgan fingerprint density at radius 3 is 2.50 bits per heavy atom. The number of rotatable bonds is 6. The van der Waals surface area contributed by atoms with E-state index in [4.69, 9.17) is 25.8 Å². The Bertz CT molecular complexity index is 1000. The first-order chi connectivity index (χ1) is 15.5. The molecular weight excluding hydrogens is 432 g/mol. The summed E-state index contributed by atoms with van der Waals surface area (Å²) in [5.74, 6) is 1.03. The number of ether oxygens (including phenoxy) is 3. The minimum Gasteiger partial charge on any atom is -0.465 e. The SMILES string of the molecule is CCOC(=O)[C@@H](c1ccc(Cl)cc1)N1CCN(C(=O)/C=C/c2ccc3c(c2)OCO3)CC1. The van der Waals surface area contributed by atoms with E-state index in [0.717, 1.165) is 11.1 Å². The fourth-order valence-corrected chi connectivity index (χ4v) is 3.98. The van der Waals surface area contributed by atoms with E-state index >= 15 is 0 Å². The Labute approximate surface area is 192 Å². The third-order valence-electron chi connectivity index (χ3n) is 5.50. The number of fused-ring (bicyclic) bond motifs is 1. The number of halogens is 1. The van der Waals surface area contributed by atoms with Gasteiger partial charge in [0, 0.05) is 37.3 Å². The molecule has 1 saturated heterocycles. The lowest BCUT2D eigenvalue weighted by atomic mass is 10.0. The van der Waals surface area contributed by atoms with Crippen molar-refractivity contribution in [1.29, 1.82) is 0 Å². The molecule has 0 aromatic heterocycles. The van der Waals surface area contributed by atoms with Crippen molar-refractivity contribution in [3.63, 3.8) is 0 Å². The molecule has 0 bridgehead atoms. The van der Waals surface area contributed by atoms with Crippen LogP contribution in [-0.4, -0.2) is 61.3 Å². The van der Waals surface area contributed by atoms with E-state index < -0.39 is 6.04 Å². The second-order valence-corrected chi connectivity index (χ2v) is 7.95. The summed E-state index contributed by atoms with van der Waals surface area (Å²) in [6.07, 6.45) is 3.33. The summed E-state index contributed by atoms with van der Waals surface area (Å²) in [4.78, 5) is 29.2. The summed E-state index contributed by atoms with van der Waals surface area (Å²) in [6, 6.07) is 12.3. The minimum atomic E-state index is -0.520. The molecule has 8 heteroatoms. The standard InChI is InChI=1S/C24H25ClN2O5/c1-2-30-24(29)23(18-5-7-19(25)8-6-18)27-13-11-26(12-14-27)22(28)10-4-17-3-9-20-21(15-17)32-16-31-20/h3-10,15,23H,2,11-14,16H2,1H3/b10-4+/t23-/m1/s1. The highest BCUT2D eigenvalue weighted by atomic mass is 35.5.